The Kier molecular flexibility index (Phi) is 31.9. The molecule has 2 aliphatic carbocycles. The molecule has 0 aromatic heterocycles. The van der Waals surface area contributed by atoms with Crippen molar-refractivity contribution in [2.75, 3.05) is 46.7 Å². The lowest BCUT2D eigenvalue weighted by Crippen LogP contribution is -2.54. The summed E-state index contributed by atoms with van der Waals surface area (Å²) >= 11 is 0. The minimum absolute atomic E-state index is 0.0195. The zero-order valence-electron chi connectivity index (χ0n) is 58.3. The second kappa shape index (κ2) is 38.5. The van der Waals surface area contributed by atoms with Crippen molar-refractivity contribution < 1.29 is 72.1 Å². The van der Waals surface area contributed by atoms with Crippen LogP contribution in [0.1, 0.15) is 182 Å². The van der Waals surface area contributed by atoms with Gasteiger partial charge in [-0.15, -0.1) is 0 Å². The molecule has 95 heavy (non-hydrogen) atoms. The van der Waals surface area contributed by atoms with Gasteiger partial charge in [-0.25, -0.2) is 9.59 Å². The van der Waals surface area contributed by atoms with Crippen molar-refractivity contribution >= 4 is 70.4 Å². The first kappa shape index (κ1) is 78.5. The van der Waals surface area contributed by atoms with Crippen LogP contribution in [0.15, 0.2) is 66.7 Å². The lowest BCUT2D eigenvalue weighted by molar-refractivity contribution is -0.149. The molecule has 11 atom stereocenters. The standard InChI is InChI=1S/C73H109N7O15/c1-44(2)55(71(90)78(9)67(50-23-19-20-24-50)62(93-11)42-64(87)80-38-22-29-56(80)69(94-12)48(8)59(83)39-47(7)68(88)51-25-15-13-16-26-51)41-61(85)66(46(5)6)79(10)73(92)95-43-49-31-33-53(34-32-49)76-70(89)52(27-21-37-75-72(74)91)40-60(84)65(45(3)4)77-63(86)30-18-14-17-28-54-57(81)35-36-58(54)82/h13,15-16,25-26,31-36,44-48,50,52,54-56,62,65-69,88H,14,17-24,27-30,37-43H2,1-12H3,(H,76,89)(H,77,86)(H3,74,75,91)/t47-,48-,52?,55-,56-,62+,65-,66-,67-,68+,69+/m0/s1. The number of allylic oxidation sites excluding steroid dienone is 2. The van der Waals surface area contributed by atoms with Gasteiger partial charge in [-0.2, -0.15) is 0 Å². The number of nitrogens with two attached hydrogens (primary N) is 1. The summed E-state index contributed by atoms with van der Waals surface area (Å²) in [5.74, 6) is -6.45. The van der Waals surface area contributed by atoms with Crippen molar-refractivity contribution in [1.29, 1.82) is 0 Å². The number of benzene rings is 2. The molecular weight excluding hydrogens is 1210 g/mol. The first-order valence-corrected chi connectivity index (χ1v) is 34.4. The van der Waals surface area contributed by atoms with Gasteiger partial charge in [0, 0.05) is 90.5 Å². The molecule has 1 saturated carbocycles. The Morgan fingerprint density at radius 3 is 1.95 bits per heavy atom. The number of nitrogens with one attached hydrogen (secondary N) is 3. The van der Waals surface area contributed by atoms with Crippen LogP contribution in [0.25, 0.3) is 0 Å². The van der Waals surface area contributed by atoms with E-state index in [1.165, 1.54) is 24.1 Å². The lowest BCUT2D eigenvalue weighted by Gasteiger charge is -2.41. The van der Waals surface area contributed by atoms with Crippen LogP contribution >= 0.6 is 0 Å². The highest BCUT2D eigenvalue weighted by atomic mass is 16.6. The summed E-state index contributed by atoms with van der Waals surface area (Å²) in [5, 5.41) is 19.3. The number of nitrogens with zero attached hydrogens (tertiary/aromatic N) is 3. The summed E-state index contributed by atoms with van der Waals surface area (Å²) in [6.07, 6.45) is 7.20. The summed E-state index contributed by atoms with van der Waals surface area (Å²) in [7, 11) is 6.34. The molecule has 0 spiro atoms. The monoisotopic (exact) mass is 1320 g/mol. The summed E-state index contributed by atoms with van der Waals surface area (Å²) in [6, 6.07) is 12.4. The Morgan fingerprint density at radius 1 is 0.705 bits per heavy atom. The molecule has 526 valence electrons. The predicted molar refractivity (Wildman–Crippen MR) is 361 cm³/mol. The second-order valence-corrected chi connectivity index (χ2v) is 27.7. The molecule has 2 aromatic carbocycles. The number of hydrogen-bond donors (Lipinski definition) is 5. The van der Waals surface area contributed by atoms with Crippen LogP contribution < -0.4 is 21.7 Å². The summed E-state index contributed by atoms with van der Waals surface area (Å²) in [4.78, 5) is 153. The molecule has 2 aromatic rings. The Hall–Kier alpha value is -7.17. The number of carbonyl (C=O) groups is 11. The number of aliphatic hydroxyl groups excluding tert-OH is 1. The Labute approximate surface area is 562 Å². The van der Waals surface area contributed by atoms with Crippen LogP contribution in [0.4, 0.5) is 15.3 Å². The normalized spacial score (nSPS) is 18.4. The number of aliphatic hydroxyl groups is 1. The van der Waals surface area contributed by atoms with Crippen LogP contribution in [0.3, 0.4) is 0 Å². The number of rotatable bonds is 40. The molecule has 2 fully saturated rings. The van der Waals surface area contributed by atoms with Crippen molar-refractivity contribution in [2.45, 2.75) is 214 Å². The van der Waals surface area contributed by atoms with Gasteiger partial charge < -0.3 is 55.7 Å². The Morgan fingerprint density at radius 2 is 1.36 bits per heavy atom. The van der Waals surface area contributed by atoms with E-state index in [2.05, 4.69) is 16.0 Å². The molecule has 7 amide bonds. The number of anilines is 1. The molecule has 0 bridgehead atoms. The summed E-state index contributed by atoms with van der Waals surface area (Å²) < 4.78 is 18.0. The van der Waals surface area contributed by atoms with E-state index in [0.29, 0.717) is 56.3 Å². The highest BCUT2D eigenvalue weighted by Gasteiger charge is 2.45. The zero-order chi connectivity index (χ0) is 70.2. The van der Waals surface area contributed by atoms with E-state index in [0.717, 1.165) is 37.7 Å². The van der Waals surface area contributed by atoms with Crippen LogP contribution in [0.2, 0.25) is 0 Å². The number of hydrogen-bond acceptors (Lipinski definition) is 15. The van der Waals surface area contributed by atoms with Crippen molar-refractivity contribution in [2.24, 2.45) is 59.0 Å². The van der Waals surface area contributed by atoms with Gasteiger partial charge in [0.1, 0.15) is 12.4 Å². The van der Waals surface area contributed by atoms with Gasteiger partial charge in [0.05, 0.1) is 54.8 Å². The van der Waals surface area contributed by atoms with Crippen molar-refractivity contribution in [3.63, 3.8) is 0 Å². The first-order chi connectivity index (χ1) is 45.1. The molecular formula is C73H109N7O15. The average Bonchev–Trinajstić information content (AvgIpc) is 1.79. The SMILES string of the molecule is CO[C@H]([C@@H](C)C(=O)C[C@H](C)[C@@H](O)c1ccccc1)[C@@H]1CCCN1C(=O)C[C@@H](OC)[C@H](C1CCCC1)N(C)C(=O)[C@@H](CC(=O)[C@H](C(C)C)N(C)C(=O)OCc1ccc(NC(=O)C(CCCNC(N)=O)CC(=O)[C@@H](NC(=O)CCCCCC2C(=O)C=CC2=O)C(C)C)cc1)C(C)C. The summed E-state index contributed by atoms with van der Waals surface area (Å²) in [5.41, 5.74) is 6.97. The topological polar surface area (TPSA) is 308 Å². The summed E-state index contributed by atoms with van der Waals surface area (Å²) in [6.45, 7) is 15.2. The zero-order valence-corrected chi connectivity index (χ0v) is 58.3. The highest BCUT2D eigenvalue weighted by molar-refractivity contribution is 6.18. The minimum atomic E-state index is -0.955. The molecule has 6 N–H and O–H groups in total. The first-order valence-electron chi connectivity index (χ1n) is 34.4. The lowest BCUT2D eigenvalue weighted by atomic mass is 9.83. The molecule has 5 rings (SSSR count). The van der Waals surface area contributed by atoms with Gasteiger partial charge in [-0.3, -0.25) is 43.2 Å². The molecule has 1 unspecified atom stereocenters. The van der Waals surface area contributed by atoms with E-state index in [9.17, 15) is 53.1 Å². The number of likely N-dealkylation sites (tertiary alicyclic amines) is 1. The van der Waals surface area contributed by atoms with Gasteiger partial charge in [0.15, 0.2) is 23.1 Å². The van der Waals surface area contributed by atoms with Gasteiger partial charge in [-0.1, -0.05) is 124 Å². The molecule has 1 heterocycles. The van der Waals surface area contributed by atoms with Crippen molar-refractivity contribution in [3.8, 4) is 0 Å². The number of ether oxygens (including phenoxy) is 3. The van der Waals surface area contributed by atoms with Crippen LogP contribution in [-0.4, -0.2) is 162 Å². The number of methoxy groups -OCH3 is 2. The quantitative estimate of drug-likeness (QED) is 0.0307. The Bertz CT molecular complexity index is 2910. The number of carbonyl (C=O) groups excluding carboxylic acids is 11. The van der Waals surface area contributed by atoms with Gasteiger partial charge >= 0.3 is 12.1 Å². The van der Waals surface area contributed by atoms with E-state index in [-0.39, 0.29) is 134 Å². The molecule has 1 saturated heterocycles. The number of unbranched alkanes of at least 4 members (excludes halogenated alkanes) is 2. The third-order valence-electron chi connectivity index (χ3n) is 19.7. The Balaban J connectivity index is 1.18. The maximum atomic E-state index is 15.0. The third kappa shape index (κ3) is 23.0. The number of urea groups is 1. The van der Waals surface area contributed by atoms with Crippen LogP contribution in [-0.2, 0) is 64.0 Å². The minimum Gasteiger partial charge on any atom is -0.445 e. The van der Waals surface area contributed by atoms with Gasteiger partial charge in [0.25, 0.3) is 0 Å². The average molecular weight is 1320 g/mol. The predicted octanol–water partition coefficient (Wildman–Crippen LogP) is 9.28. The van der Waals surface area contributed by atoms with E-state index in [1.54, 1.807) is 69.2 Å². The maximum Gasteiger partial charge on any atom is 0.410 e. The molecule has 22 heteroatoms. The van der Waals surface area contributed by atoms with Crippen LogP contribution in [0, 0.1) is 53.3 Å². The van der Waals surface area contributed by atoms with Crippen molar-refractivity contribution in [1.82, 2.24) is 25.3 Å². The number of ketones is 5. The van der Waals surface area contributed by atoms with Crippen molar-refractivity contribution in [3.05, 3.63) is 77.9 Å². The second-order valence-electron chi connectivity index (χ2n) is 27.7. The fraction of sp³-hybridized carbons (Fsp3) is 0.658. The van der Waals surface area contributed by atoms with Crippen LogP contribution in [0.5, 0.6) is 0 Å². The fourth-order valence-corrected chi connectivity index (χ4v) is 14.1. The molecule has 3 aliphatic rings. The smallest absolute Gasteiger partial charge is 0.410 e. The van der Waals surface area contributed by atoms with E-state index in [1.807, 2.05) is 71.9 Å². The van der Waals surface area contributed by atoms with E-state index >= 15 is 4.79 Å². The van der Waals surface area contributed by atoms with Gasteiger partial charge in [0.2, 0.25) is 23.6 Å². The van der Waals surface area contributed by atoms with E-state index in [4.69, 9.17) is 19.9 Å². The largest absolute Gasteiger partial charge is 0.445 e. The van der Waals surface area contributed by atoms with E-state index < -0.39 is 78.1 Å². The number of amides is 7. The fourth-order valence-electron chi connectivity index (χ4n) is 14.1. The molecule has 1 aliphatic heterocycles. The maximum absolute atomic E-state index is 15.0. The molecule has 22 nitrogen and oxygen atoms in total. The van der Waals surface area contributed by atoms with Gasteiger partial charge in [-0.05, 0) is 116 Å². The highest BCUT2D eigenvalue weighted by Crippen LogP contribution is 2.37. The molecule has 0 radical (unpaired) electrons. The number of likely N-dealkylation sites (N-methyl/N-ethyl adjacent to an activating group) is 2. The number of Topliss-reactive ketones (excluding diaryl/α,β-unsaturated/α-hetero) is 3. The number of primary amides is 1. The third-order valence-corrected chi connectivity index (χ3v) is 19.7.